The average Bonchev–Trinajstić information content (AvgIpc) is 2.49. The van der Waals surface area contributed by atoms with Crippen LogP contribution in [-0.2, 0) is 6.42 Å². The van der Waals surface area contributed by atoms with Crippen molar-refractivity contribution in [2.24, 2.45) is 0 Å². The van der Waals surface area contributed by atoms with Gasteiger partial charge in [-0.2, -0.15) is 0 Å². The van der Waals surface area contributed by atoms with Gasteiger partial charge in [-0.1, -0.05) is 26.2 Å². The third kappa shape index (κ3) is 3.46. The topological polar surface area (TPSA) is 42.1 Å². The summed E-state index contributed by atoms with van der Waals surface area (Å²) in [7, 11) is 1.35. The highest BCUT2D eigenvalue weighted by Crippen LogP contribution is 2.35. The largest absolute Gasteiger partial charge is 0.496 e. The van der Waals surface area contributed by atoms with Crippen LogP contribution in [0.5, 0.6) is 5.75 Å². The van der Waals surface area contributed by atoms with Gasteiger partial charge in [-0.3, -0.25) is 4.79 Å². The molecule has 0 atom stereocenters. The molecule has 122 valence electrons. The summed E-state index contributed by atoms with van der Waals surface area (Å²) in [5.41, 5.74) is 0.410. The summed E-state index contributed by atoms with van der Waals surface area (Å²) in [4.78, 5) is 14.4. The highest BCUT2D eigenvalue weighted by atomic mass is 19.3. The van der Waals surface area contributed by atoms with Gasteiger partial charge >= 0.3 is 0 Å². The summed E-state index contributed by atoms with van der Waals surface area (Å²) in [6.07, 6.45) is 2.30. The molecule has 1 N–H and O–H groups in total. The van der Waals surface area contributed by atoms with Gasteiger partial charge in [0.25, 0.3) is 6.43 Å². The number of pyridine rings is 1. The van der Waals surface area contributed by atoms with Crippen molar-refractivity contribution in [3.05, 3.63) is 39.7 Å². The van der Waals surface area contributed by atoms with Crippen LogP contribution in [0.2, 0.25) is 0 Å². The van der Waals surface area contributed by atoms with Crippen LogP contribution in [0.25, 0.3) is 10.9 Å². The van der Waals surface area contributed by atoms with Crippen LogP contribution in [0.4, 0.5) is 8.78 Å². The zero-order chi connectivity index (χ0) is 16.1. The first-order valence-corrected chi connectivity index (χ1v) is 7.59. The number of fused-ring (bicyclic) bond motifs is 1. The smallest absolute Gasteiger partial charge is 0.269 e. The molecule has 2 rings (SSSR count). The van der Waals surface area contributed by atoms with Gasteiger partial charge in [0.2, 0.25) is 5.56 Å². The Balaban J connectivity index is 0.00000264. The summed E-state index contributed by atoms with van der Waals surface area (Å²) in [5, 5.41) is 0.673. The fraction of sp³-hybridized carbons (Fsp3) is 0.471. The van der Waals surface area contributed by atoms with Gasteiger partial charge in [0.1, 0.15) is 5.75 Å². The standard InChI is InChI=1S/C17H21F2NO2.H2/c1-3-4-5-6-7-11-10-14(21)20-16-12(11)8-9-13(22-2)15(16)17(18)19;/h8-10,17H,3-7H2,1-2H3,(H,20,21);1H. The van der Waals surface area contributed by atoms with Gasteiger partial charge in [-0.15, -0.1) is 0 Å². The minimum absolute atomic E-state index is 0. The molecule has 0 spiro atoms. The molecule has 0 aliphatic carbocycles. The number of aryl methyl sites for hydroxylation is 1. The van der Waals surface area contributed by atoms with Crippen molar-refractivity contribution in [3.63, 3.8) is 0 Å². The molecule has 22 heavy (non-hydrogen) atoms. The predicted octanol–water partition coefficient (Wildman–Crippen LogP) is 4.84. The van der Waals surface area contributed by atoms with E-state index in [0.29, 0.717) is 5.39 Å². The Bertz CT molecular complexity index is 701. The van der Waals surface area contributed by atoms with Gasteiger partial charge in [0.05, 0.1) is 18.2 Å². The van der Waals surface area contributed by atoms with Crippen LogP contribution < -0.4 is 10.3 Å². The highest BCUT2D eigenvalue weighted by molar-refractivity contribution is 5.87. The summed E-state index contributed by atoms with van der Waals surface area (Å²) >= 11 is 0. The Hall–Kier alpha value is -1.91. The van der Waals surface area contributed by atoms with Gasteiger partial charge in [0.15, 0.2) is 0 Å². The Morgan fingerprint density at radius 1 is 1.27 bits per heavy atom. The summed E-state index contributed by atoms with van der Waals surface area (Å²) in [5.74, 6) is 0.0984. The zero-order valence-electron chi connectivity index (χ0n) is 12.9. The maximum atomic E-state index is 13.4. The average molecular weight is 311 g/mol. The van der Waals surface area contributed by atoms with Gasteiger partial charge < -0.3 is 9.72 Å². The third-order valence-electron chi connectivity index (χ3n) is 3.84. The van der Waals surface area contributed by atoms with Crippen LogP contribution in [-0.4, -0.2) is 12.1 Å². The minimum atomic E-state index is -2.70. The zero-order valence-corrected chi connectivity index (χ0v) is 12.9. The second-order valence-corrected chi connectivity index (χ2v) is 5.37. The molecule has 1 aromatic carbocycles. The Labute approximate surface area is 129 Å². The third-order valence-corrected chi connectivity index (χ3v) is 3.84. The van der Waals surface area contributed by atoms with E-state index in [2.05, 4.69) is 11.9 Å². The number of unbranched alkanes of at least 4 members (excludes halogenated alkanes) is 3. The number of hydrogen-bond acceptors (Lipinski definition) is 2. The number of ether oxygens (including phenoxy) is 1. The first-order valence-electron chi connectivity index (χ1n) is 7.59. The maximum Gasteiger partial charge on any atom is 0.269 e. The molecule has 0 amide bonds. The molecule has 0 saturated carbocycles. The molecule has 2 aromatic rings. The van der Waals surface area contributed by atoms with Gasteiger partial charge in [-0.25, -0.2) is 8.78 Å². The molecule has 0 unspecified atom stereocenters. The monoisotopic (exact) mass is 311 g/mol. The van der Waals surface area contributed by atoms with Crippen molar-refractivity contribution in [1.29, 1.82) is 0 Å². The lowest BCUT2D eigenvalue weighted by atomic mass is 10.00. The van der Waals surface area contributed by atoms with E-state index in [1.807, 2.05) is 0 Å². The number of aromatic nitrogens is 1. The van der Waals surface area contributed by atoms with Crippen LogP contribution in [0.1, 0.15) is 51.6 Å². The van der Waals surface area contributed by atoms with E-state index in [9.17, 15) is 13.6 Å². The highest BCUT2D eigenvalue weighted by Gasteiger charge is 2.19. The second-order valence-electron chi connectivity index (χ2n) is 5.37. The second kappa shape index (κ2) is 7.38. The van der Waals surface area contributed by atoms with E-state index < -0.39 is 6.43 Å². The quantitative estimate of drug-likeness (QED) is 0.743. The molecule has 0 fully saturated rings. The van der Waals surface area contributed by atoms with Crippen LogP contribution in [0, 0.1) is 0 Å². The Morgan fingerprint density at radius 3 is 2.68 bits per heavy atom. The van der Waals surface area contributed by atoms with E-state index in [1.54, 1.807) is 6.07 Å². The summed E-state index contributed by atoms with van der Waals surface area (Å²) in [6, 6.07) is 4.79. The molecule has 0 radical (unpaired) electrons. The molecule has 0 saturated heterocycles. The maximum absolute atomic E-state index is 13.4. The van der Waals surface area contributed by atoms with E-state index in [-0.39, 0.29) is 23.8 Å². The minimum Gasteiger partial charge on any atom is -0.496 e. The number of nitrogens with one attached hydrogen (secondary N) is 1. The Kier molecular flexibility index (Phi) is 5.52. The number of hydrogen-bond donors (Lipinski definition) is 1. The van der Waals surface area contributed by atoms with Crippen molar-refractivity contribution < 1.29 is 14.9 Å². The first-order chi connectivity index (χ1) is 10.6. The molecule has 1 heterocycles. The van der Waals surface area contributed by atoms with E-state index in [0.717, 1.165) is 37.7 Å². The molecule has 5 heteroatoms. The van der Waals surface area contributed by atoms with E-state index in [1.165, 1.54) is 19.2 Å². The lowest BCUT2D eigenvalue weighted by molar-refractivity contribution is 0.148. The molecule has 1 aromatic heterocycles. The number of alkyl halides is 2. The van der Waals surface area contributed by atoms with Crippen LogP contribution in [0.15, 0.2) is 23.0 Å². The Morgan fingerprint density at radius 2 is 2.05 bits per heavy atom. The molecular weight excluding hydrogens is 288 g/mol. The number of H-pyrrole nitrogens is 1. The summed E-state index contributed by atoms with van der Waals surface area (Å²) in [6.45, 7) is 2.13. The molecular formula is C17H23F2NO2. The normalized spacial score (nSPS) is 11.3. The first kappa shape index (κ1) is 16.5. The number of benzene rings is 1. The number of halogens is 2. The van der Waals surface area contributed by atoms with Crippen molar-refractivity contribution in [1.82, 2.24) is 4.98 Å². The predicted molar refractivity (Wildman–Crippen MR) is 86.0 cm³/mol. The molecule has 0 bridgehead atoms. The lowest BCUT2D eigenvalue weighted by Gasteiger charge is -2.13. The lowest BCUT2D eigenvalue weighted by Crippen LogP contribution is -2.09. The van der Waals surface area contributed by atoms with Crippen molar-refractivity contribution in [2.75, 3.05) is 7.11 Å². The molecule has 0 aliphatic heterocycles. The van der Waals surface area contributed by atoms with Crippen molar-refractivity contribution in [3.8, 4) is 5.75 Å². The van der Waals surface area contributed by atoms with Crippen LogP contribution in [0.3, 0.4) is 0 Å². The van der Waals surface area contributed by atoms with Crippen molar-refractivity contribution in [2.45, 2.75) is 45.5 Å². The van der Waals surface area contributed by atoms with Gasteiger partial charge in [-0.05, 0) is 30.5 Å². The molecule has 0 aliphatic rings. The summed E-state index contributed by atoms with van der Waals surface area (Å²) < 4.78 is 31.7. The number of rotatable bonds is 7. The number of methoxy groups -OCH3 is 1. The fourth-order valence-electron chi connectivity index (χ4n) is 2.74. The SMILES string of the molecule is CCCCCCc1cc(=O)[nH]c2c(C(F)F)c(OC)ccc12.[HH]. The van der Waals surface area contributed by atoms with E-state index >= 15 is 0 Å². The van der Waals surface area contributed by atoms with E-state index in [4.69, 9.17) is 4.74 Å². The van der Waals surface area contributed by atoms with Gasteiger partial charge in [0, 0.05) is 12.9 Å². The number of aromatic amines is 1. The van der Waals surface area contributed by atoms with Crippen molar-refractivity contribution >= 4 is 10.9 Å². The molecule has 3 nitrogen and oxygen atoms in total. The van der Waals surface area contributed by atoms with Crippen LogP contribution >= 0.6 is 0 Å². The fourth-order valence-corrected chi connectivity index (χ4v) is 2.74.